The van der Waals surface area contributed by atoms with Gasteiger partial charge in [-0.25, -0.2) is 0 Å². The van der Waals surface area contributed by atoms with Crippen molar-refractivity contribution in [2.75, 3.05) is 7.11 Å². The van der Waals surface area contributed by atoms with Crippen LogP contribution in [0.1, 0.15) is 24.8 Å². The lowest BCUT2D eigenvalue weighted by Crippen LogP contribution is -2.51. The Labute approximate surface area is 102 Å². The van der Waals surface area contributed by atoms with E-state index in [1.807, 2.05) is 36.4 Å². The molecule has 2 bridgehead atoms. The van der Waals surface area contributed by atoms with Gasteiger partial charge in [-0.2, -0.15) is 0 Å². The average molecular weight is 230 g/mol. The van der Waals surface area contributed by atoms with Crippen LogP contribution in [0.3, 0.4) is 0 Å². The van der Waals surface area contributed by atoms with Gasteiger partial charge >= 0.3 is 0 Å². The summed E-state index contributed by atoms with van der Waals surface area (Å²) in [5.74, 6) is 0.568. The van der Waals surface area contributed by atoms with Crippen molar-refractivity contribution in [3.05, 3.63) is 48.0 Å². The third kappa shape index (κ3) is 1.41. The van der Waals surface area contributed by atoms with Gasteiger partial charge in [0.2, 0.25) is 0 Å². The molecule has 0 amide bonds. The highest BCUT2D eigenvalue weighted by Crippen LogP contribution is 2.53. The van der Waals surface area contributed by atoms with E-state index in [2.05, 4.69) is 6.08 Å². The minimum atomic E-state index is -0.976. The molecule has 0 aliphatic heterocycles. The van der Waals surface area contributed by atoms with Crippen molar-refractivity contribution in [2.45, 2.75) is 30.5 Å². The Morgan fingerprint density at radius 2 is 2.06 bits per heavy atom. The highest BCUT2D eigenvalue weighted by Gasteiger charge is 2.56. The molecular formula is C15H18O2. The molecule has 2 aliphatic carbocycles. The molecule has 90 valence electrons. The van der Waals surface area contributed by atoms with Crippen LogP contribution in [0.15, 0.2) is 42.5 Å². The van der Waals surface area contributed by atoms with E-state index in [1.165, 1.54) is 0 Å². The number of allylic oxidation sites excluding steroid dienone is 1. The van der Waals surface area contributed by atoms with Gasteiger partial charge in [0.1, 0.15) is 11.2 Å². The van der Waals surface area contributed by atoms with Crippen LogP contribution >= 0.6 is 0 Å². The lowest BCUT2D eigenvalue weighted by Gasteiger charge is -2.44. The zero-order valence-corrected chi connectivity index (χ0v) is 10.1. The van der Waals surface area contributed by atoms with Crippen LogP contribution < -0.4 is 0 Å². The summed E-state index contributed by atoms with van der Waals surface area (Å²) in [6.07, 6.45) is 7.04. The van der Waals surface area contributed by atoms with Crippen LogP contribution in [0.5, 0.6) is 0 Å². The number of fused-ring (bicyclic) bond motifs is 2. The summed E-state index contributed by atoms with van der Waals surface area (Å²) in [4.78, 5) is 0. The van der Waals surface area contributed by atoms with E-state index in [0.717, 1.165) is 24.8 Å². The summed E-state index contributed by atoms with van der Waals surface area (Å²) >= 11 is 0. The van der Waals surface area contributed by atoms with Crippen LogP contribution in [-0.2, 0) is 10.3 Å². The highest BCUT2D eigenvalue weighted by atomic mass is 16.5. The zero-order chi connectivity index (χ0) is 11.9. The molecule has 0 unspecified atom stereocenters. The molecule has 3 atom stereocenters. The first kappa shape index (κ1) is 11.0. The molecule has 1 aromatic carbocycles. The molecule has 17 heavy (non-hydrogen) atoms. The van der Waals surface area contributed by atoms with Gasteiger partial charge in [-0.05, 0) is 36.8 Å². The summed E-state index contributed by atoms with van der Waals surface area (Å²) in [6.45, 7) is 0. The number of benzene rings is 1. The van der Waals surface area contributed by atoms with Crippen molar-refractivity contribution < 1.29 is 9.84 Å². The number of rotatable bonds is 2. The second-order valence-electron chi connectivity index (χ2n) is 5.19. The predicted octanol–water partition coefficient (Wildman–Crippen LogP) is 2.63. The minimum absolute atomic E-state index is 0.437. The van der Waals surface area contributed by atoms with Crippen LogP contribution in [0.4, 0.5) is 0 Å². The molecule has 2 heteroatoms. The lowest BCUT2D eigenvalue weighted by molar-refractivity contribution is -0.150. The second kappa shape index (κ2) is 3.69. The summed E-state index contributed by atoms with van der Waals surface area (Å²) in [6, 6.07) is 9.85. The van der Waals surface area contributed by atoms with Gasteiger partial charge in [-0.3, -0.25) is 0 Å². The fourth-order valence-electron chi connectivity index (χ4n) is 3.38. The number of aliphatic hydroxyl groups is 1. The van der Waals surface area contributed by atoms with E-state index in [1.54, 1.807) is 7.11 Å². The molecule has 0 saturated heterocycles. The molecule has 1 N–H and O–H groups in total. The van der Waals surface area contributed by atoms with Gasteiger partial charge < -0.3 is 9.84 Å². The summed E-state index contributed by atoms with van der Waals surface area (Å²) in [7, 11) is 1.72. The van der Waals surface area contributed by atoms with E-state index < -0.39 is 11.2 Å². The van der Waals surface area contributed by atoms with Crippen molar-refractivity contribution in [2.24, 2.45) is 5.92 Å². The Bertz CT molecular complexity index is 439. The van der Waals surface area contributed by atoms with E-state index >= 15 is 0 Å². The molecule has 1 saturated carbocycles. The standard InChI is InChI=1S/C15H18O2/c1-17-14-9-7-12(11-14)8-10-15(14,16)13-5-3-2-4-6-13/h2-6,8,10,12,16H,7,9,11H2,1H3/t12-,14+,15-/m1/s1. The zero-order valence-electron chi connectivity index (χ0n) is 10.1. The van der Waals surface area contributed by atoms with Crippen LogP contribution in [0.25, 0.3) is 0 Å². The fourth-order valence-corrected chi connectivity index (χ4v) is 3.38. The molecule has 3 rings (SSSR count). The maximum Gasteiger partial charge on any atom is 0.137 e. The quantitative estimate of drug-likeness (QED) is 0.791. The first-order valence-electron chi connectivity index (χ1n) is 6.23. The van der Waals surface area contributed by atoms with Gasteiger partial charge in [0.15, 0.2) is 0 Å². The Hall–Kier alpha value is -1.12. The molecule has 2 aliphatic rings. The predicted molar refractivity (Wildman–Crippen MR) is 66.6 cm³/mol. The molecule has 0 heterocycles. The first-order valence-corrected chi connectivity index (χ1v) is 6.23. The Morgan fingerprint density at radius 3 is 2.76 bits per heavy atom. The topological polar surface area (TPSA) is 29.5 Å². The van der Waals surface area contributed by atoms with Crippen molar-refractivity contribution in [3.63, 3.8) is 0 Å². The Kier molecular flexibility index (Phi) is 2.39. The summed E-state index contributed by atoms with van der Waals surface area (Å²) < 4.78 is 5.74. The molecule has 1 fully saturated rings. The first-order chi connectivity index (χ1) is 8.20. The Balaban J connectivity index is 2.12. The van der Waals surface area contributed by atoms with Gasteiger partial charge in [0.25, 0.3) is 0 Å². The number of methoxy groups -OCH3 is 1. The average Bonchev–Trinajstić information content (AvgIpc) is 2.77. The van der Waals surface area contributed by atoms with E-state index in [0.29, 0.717) is 5.92 Å². The third-order valence-corrected chi connectivity index (χ3v) is 4.42. The normalized spacial score (nSPS) is 39.5. The Morgan fingerprint density at radius 1 is 1.29 bits per heavy atom. The molecular weight excluding hydrogens is 212 g/mol. The SMILES string of the molecule is CO[C@]12CC[C@H](C=C[C@@]1(O)c1ccccc1)C2. The van der Waals surface area contributed by atoms with Crippen molar-refractivity contribution in [1.29, 1.82) is 0 Å². The molecule has 0 aromatic heterocycles. The molecule has 0 radical (unpaired) electrons. The minimum Gasteiger partial charge on any atom is -0.378 e. The van der Waals surface area contributed by atoms with Gasteiger partial charge in [0, 0.05) is 7.11 Å². The fraction of sp³-hybridized carbons (Fsp3) is 0.467. The largest absolute Gasteiger partial charge is 0.378 e. The summed E-state index contributed by atoms with van der Waals surface area (Å²) in [5, 5.41) is 11.1. The van der Waals surface area contributed by atoms with Crippen molar-refractivity contribution in [1.82, 2.24) is 0 Å². The van der Waals surface area contributed by atoms with Crippen LogP contribution in [0, 0.1) is 5.92 Å². The van der Waals surface area contributed by atoms with E-state index in [9.17, 15) is 5.11 Å². The van der Waals surface area contributed by atoms with Gasteiger partial charge in [-0.1, -0.05) is 36.4 Å². The number of ether oxygens (including phenoxy) is 1. The lowest BCUT2D eigenvalue weighted by atomic mass is 9.73. The van der Waals surface area contributed by atoms with E-state index in [4.69, 9.17) is 4.74 Å². The van der Waals surface area contributed by atoms with E-state index in [-0.39, 0.29) is 0 Å². The maximum absolute atomic E-state index is 11.1. The van der Waals surface area contributed by atoms with Crippen molar-refractivity contribution >= 4 is 0 Å². The monoisotopic (exact) mass is 230 g/mol. The number of hydrogen-bond acceptors (Lipinski definition) is 2. The third-order valence-electron chi connectivity index (χ3n) is 4.42. The van der Waals surface area contributed by atoms with Gasteiger partial charge in [-0.15, -0.1) is 0 Å². The summed E-state index contributed by atoms with van der Waals surface area (Å²) in [5.41, 5.74) is -0.484. The molecule has 1 aromatic rings. The van der Waals surface area contributed by atoms with Gasteiger partial charge in [0.05, 0.1) is 0 Å². The second-order valence-corrected chi connectivity index (χ2v) is 5.19. The van der Waals surface area contributed by atoms with Crippen LogP contribution in [0.2, 0.25) is 0 Å². The smallest absolute Gasteiger partial charge is 0.137 e. The van der Waals surface area contributed by atoms with Crippen molar-refractivity contribution in [3.8, 4) is 0 Å². The van der Waals surface area contributed by atoms with Crippen LogP contribution in [-0.4, -0.2) is 17.8 Å². The number of hydrogen-bond donors (Lipinski definition) is 1. The maximum atomic E-state index is 11.1. The highest BCUT2D eigenvalue weighted by molar-refractivity contribution is 5.36. The molecule has 2 nitrogen and oxygen atoms in total. The molecule has 0 spiro atoms.